The Balaban J connectivity index is 0.766. The number of nitrogens with one attached hydrogen (secondary N) is 13. The molecule has 0 radical (unpaired) electrons. The molecule has 49 heteroatoms. The molecule has 8 aliphatic heterocycles. The zero-order chi connectivity index (χ0) is 100. The zero-order valence-corrected chi connectivity index (χ0v) is 78.4. The molecule has 22 N–H and O–H groups in total. The number of hydrogen-bond donors (Lipinski definition) is 19. The van der Waals surface area contributed by atoms with E-state index in [4.69, 9.17) is 22.6 Å². The van der Waals surface area contributed by atoms with Gasteiger partial charge < -0.3 is 135 Å². The van der Waals surface area contributed by atoms with Crippen molar-refractivity contribution in [2.24, 2.45) is 29.0 Å². The summed E-state index contributed by atoms with van der Waals surface area (Å²) in [7, 11) is 0. The largest absolute Gasteiger partial charge is 0.481 e. The quantitative estimate of drug-likeness (QED) is 0.0164. The molecule has 0 saturated carbocycles. The summed E-state index contributed by atoms with van der Waals surface area (Å²) >= 11 is 0. The Morgan fingerprint density at radius 1 is 0.404 bits per heavy atom. The van der Waals surface area contributed by atoms with E-state index in [0.29, 0.717) is 57.1 Å². The van der Waals surface area contributed by atoms with Crippen molar-refractivity contribution in [2.75, 3.05) is 58.9 Å². The predicted octanol–water partition coefficient (Wildman–Crippen LogP) is -7.08. The van der Waals surface area contributed by atoms with Crippen molar-refractivity contribution >= 4 is 130 Å². The lowest BCUT2D eigenvalue weighted by Gasteiger charge is -2.36. The monoisotopic (exact) mass is 1910 g/mol. The number of imidazole rings is 1. The first-order valence-corrected chi connectivity index (χ1v) is 47.0. The number of carboxylic acid groups (broad SMARTS) is 2. The van der Waals surface area contributed by atoms with Gasteiger partial charge in [-0.2, -0.15) is 0 Å². The highest BCUT2D eigenvalue weighted by Crippen LogP contribution is 2.33. The maximum atomic E-state index is 15.0. The van der Waals surface area contributed by atoms with Crippen molar-refractivity contribution < 1.29 is 116 Å². The molecule has 9 rings (SSSR count). The van der Waals surface area contributed by atoms with Crippen LogP contribution in [-0.2, 0) is 107 Å². The Hall–Kier alpha value is -12.7. The molecule has 19 amide bonds. The number of aliphatic carboxylic acids is 2. The van der Waals surface area contributed by atoms with Gasteiger partial charge in [0.25, 0.3) is 0 Å². The third-order valence-electron chi connectivity index (χ3n) is 26.4. The van der Waals surface area contributed by atoms with Crippen molar-refractivity contribution in [1.29, 1.82) is 5.41 Å². The molecular formula is C87H135N25O24. The van der Waals surface area contributed by atoms with Gasteiger partial charge in [-0.1, -0.05) is 27.7 Å². The van der Waals surface area contributed by atoms with Crippen LogP contribution in [0.1, 0.15) is 203 Å². The second-order valence-electron chi connectivity index (χ2n) is 37.1. The number of aliphatic hydroxyl groups excluding tert-OH is 1. The summed E-state index contributed by atoms with van der Waals surface area (Å²) in [4.78, 5) is 309. The number of aliphatic hydroxyl groups is 1. The van der Waals surface area contributed by atoms with Crippen LogP contribution in [0.4, 0.5) is 0 Å². The van der Waals surface area contributed by atoms with Gasteiger partial charge in [0.1, 0.15) is 109 Å². The lowest BCUT2D eigenvalue weighted by molar-refractivity contribution is -0.151. The fourth-order valence-corrected chi connectivity index (χ4v) is 19.1. The molecule has 752 valence electrons. The minimum Gasteiger partial charge on any atom is -0.481 e. The fourth-order valence-electron chi connectivity index (χ4n) is 19.1. The van der Waals surface area contributed by atoms with E-state index in [-0.39, 0.29) is 135 Å². The normalized spacial score (nSPS) is 23.0. The number of aromatic amines is 1. The number of carbonyl (C=O) groups is 21. The van der Waals surface area contributed by atoms with Gasteiger partial charge in [0.05, 0.1) is 24.9 Å². The number of nitrogens with two attached hydrogens (primary N) is 3. The summed E-state index contributed by atoms with van der Waals surface area (Å²) in [6.07, 6.45) is 3.57. The van der Waals surface area contributed by atoms with Gasteiger partial charge in [0.15, 0.2) is 5.96 Å². The number of aromatic nitrogens is 2. The van der Waals surface area contributed by atoms with Gasteiger partial charge in [0, 0.05) is 83.6 Å². The Kier molecular flexibility index (Phi) is 38.2. The Bertz CT molecular complexity index is 4610. The number of H-pyrrole nitrogens is 1. The van der Waals surface area contributed by atoms with Crippen molar-refractivity contribution in [3.63, 3.8) is 0 Å². The van der Waals surface area contributed by atoms with Crippen LogP contribution in [0.25, 0.3) is 0 Å². The number of nitrogens with zero attached hydrogens (tertiary/aromatic N) is 9. The number of primary amides is 1. The van der Waals surface area contributed by atoms with E-state index in [1.54, 1.807) is 27.7 Å². The van der Waals surface area contributed by atoms with Crippen LogP contribution in [0, 0.1) is 17.2 Å². The fraction of sp³-hybridized carbons (Fsp3) is 0.713. The molecule has 136 heavy (non-hydrogen) atoms. The van der Waals surface area contributed by atoms with Gasteiger partial charge in [-0.25, -0.2) is 9.78 Å². The van der Waals surface area contributed by atoms with E-state index in [1.807, 2.05) is 0 Å². The van der Waals surface area contributed by atoms with Crippen LogP contribution in [0.2, 0.25) is 0 Å². The van der Waals surface area contributed by atoms with Gasteiger partial charge in [-0.3, -0.25) is 101 Å². The topological polar surface area (TPSA) is 708 Å². The summed E-state index contributed by atoms with van der Waals surface area (Å²) in [6.45, 7) is 13.9. The van der Waals surface area contributed by atoms with E-state index < -0.39 is 276 Å². The lowest BCUT2D eigenvalue weighted by atomic mass is 10.0. The van der Waals surface area contributed by atoms with E-state index in [0.717, 1.165) is 0 Å². The van der Waals surface area contributed by atoms with E-state index in [2.05, 4.69) is 68.5 Å². The Morgan fingerprint density at radius 2 is 0.772 bits per heavy atom. The summed E-state index contributed by atoms with van der Waals surface area (Å²) in [5.74, 6) is -18.3. The Morgan fingerprint density at radius 3 is 1.20 bits per heavy atom. The molecule has 8 fully saturated rings. The third-order valence-corrected chi connectivity index (χ3v) is 26.4. The third kappa shape index (κ3) is 27.1. The number of rotatable bonds is 43. The number of carbonyl (C=O) groups excluding carboxylic acids is 19. The van der Waals surface area contributed by atoms with Crippen LogP contribution in [-0.4, -0.2) is 374 Å². The minimum atomic E-state index is -1.68. The molecular weight excluding hydrogens is 1780 g/mol. The smallest absolute Gasteiger partial charge is 0.326 e. The van der Waals surface area contributed by atoms with Gasteiger partial charge >= 0.3 is 11.9 Å². The standard InChI is InChI=1S/C87H135N25O24/c1-43(2)65(102-75(124)59-24-13-33-107(59)81(130)53(28-29-64(115)116)100-74(123)57-22-15-35-109(57)82(131)60-25-16-36-110(60)80(129)47(7)97-69(118)51(88)40-63(89)114)85(134)112-38-18-27-62(112)84(133)111-37-17-26-61(111)83(132)108-34-14-21-56(108)73(122)99-52(19-10-30-93-87(90)91)70(119)95-45(5)68(117)96-46(6)78(127)105-31-11-20-55(105)72(121)98-48(8)79(128)106-32-12-23-58(106)76(125)104-67(49(9)113)77(126)101-54(39-50-41-92-42-94-50)71(120)103-66(44(3)4)86(135)136/h41-49,51-62,65-67,113H,10-40,88H2,1-9H3,(H2,89,114)(H,92,94)(H,95,119)(H,96,117)(H,97,118)(H,98,121)(H,99,122)(H,100,123)(H,101,126)(H,102,124)(H,103,120)(H,104,125)(H,115,116)(H,135,136)(H4,90,91,93)/t45-,46-,47-,48-,49+,51-,52-,53-,54-,55-,56-,57-,58-,59-,60-,61-,62-,65-,66-,67-/m0/s1. The number of carboxylic acids is 2. The SMILES string of the molecule is CC(C)[C@H](NC(=O)[C@H](Cc1cnc[nH]1)NC(=O)[C@@H](NC(=O)[C@@H]1CCCN1C(=O)[C@H](C)NC(=O)[C@@H]1CCCN1C(=O)[C@H](C)NC(=O)[C@H](C)NC(=O)[C@H](CCCNC(=N)N)NC(=O)[C@@H]1CCCN1C(=O)[C@@H]1CCCN1C(=O)[C@@H]1CCCN1C(=O)[C@@H](NC(=O)[C@@H]1CCCN1C(=O)[C@H](CCC(=O)O)NC(=O)[C@@H]1CCCN1C(=O)[C@@H]1CCCN1C(=O)[C@H](C)NC(=O)[C@@H](N)CC(N)=O)C(C)C)[C@@H](C)O)C(=O)O. The second kappa shape index (κ2) is 48.6. The van der Waals surface area contributed by atoms with Crippen LogP contribution in [0.3, 0.4) is 0 Å². The minimum absolute atomic E-state index is 0.000109. The van der Waals surface area contributed by atoms with Crippen LogP contribution >= 0.6 is 0 Å². The molecule has 0 bridgehead atoms. The lowest BCUT2D eigenvalue weighted by Crippen LogP contribution is -2.61. The first-order chi connectivity index (χ1) is 64.3. The van der Waals surface area contributed by atoms with E-state index in [1.165, 1.54) is 86.3 Å². The number of guanidine groups is 1. The highest BCUT2D eigenvalue weighted by atomic mass is 16.4. The number of hydrogen-bond acceptors (Lipinski definition) is 25. The second-order valence-corrected chi connectivity index (χ2v) is 37.1. The average Bonchev–Trinajstić information content (AvgIpc) is 1.65. The molecule has 20 atom stereocenters. The number of amides is 19. The van der Waals surface area contributed by atoms with E-state index >= 15 is 4.79 Å². The highest BCUT2D eigenvalue weighted by molar-refractivity contribution is 6.03. The van der Waals surface area contributed by atoms with Crippen molar-refractivity contribution in [1.82, 2.24) is 108 Å². The molecule has 8 aliphatic rings. The number of likely N-dealkylation sites (tertiary alicyclic amines) is 8. The molecule has 0 unspecified atom stereocenters. The molecule has 8 saturated heterocycles. The molecule has 0 aliphatic carbocycles. The van der Waals surface area contributed by atoms with E-state index in [9.17, 15) is 111 Å². The summed E-state index contributed by atoms with van der Waals surface area (Å²) in [6, 6.07) is -24.1. The Labute approximate surface area is 786 Å². The van der Waals surface area contributed by atoms with Gasteiger partial charge in [-0.05, 0) is 168 Å². The molecule has 0 spiro atoms. The molecule has 1 aromatic rings. The summed E-state index contributed by atoms with van der Waals surface area (Å²) in [5.41, 5.74) is 16.9. The predicted molar refractivity (Wildman–Crippen MR) is 479 cm³/mol. The first kappa shape index (κ1) is 107. The maximum Gasteiger partial charge on any atom is 0.326 e. The molecule has 49 nitrogen and oxygen atoms in total. The maximum absolute atomic E-state index is 15.0. The molecule has 1 aromatic heterocycles. The van der Waals surface area contributed by atoms with Crippen LogP contribution in [0.15, 0.2) is 12.5 Å². The van der Waals surface area contributed by atoms with Crippen molar-refractivity contribution in [2.45, 2.75) is 324 Å². The molecule has 9 heterocycles. The van der Waals surface area contributed by atoms with Crippen molar-refractivity contribution in [3.8, 4) is 0 Å². The van der Waals surface area contributed by atoms with Gasteiger partial charge in [0.2, 0.25) is 112 Å². The molecule has 0 aromatic carbocycles. The highest BCUT2D eigenvalue weighted by Gasteiger charge is 2.51. The van der Waals surface area contributed by atoms with Crippen LogP contribution in [0.5, 0.6) is 0 Å². The first-order valence-electron chi connectivity index (χ1n) is 47.0. The van der Waals surface area contributed by atoms with Crippen molar-refractivity contribution in [3.05, 3.63) is 18.2 Å². The van der Waals surface area contributed by atoms with Gasteiger partial charge in [-0.15, -0.1) is 0 Å². The summed E-state index contributed by atoms with van der Waals surface area (Å²) < 4.78 is 0. The summed E-state index contributed by atoms with van der Waals surface area (Å²) in [5, 5.41) is 66.6. The zero-order valence-electron chi connectivity index (χ0n) is 78.4. The average molecular weight is 1920 g/mol. The van der Waals surface area contributed by atoms with Crippen LogP contribution < -0.4 is 75.7 Å².